The van der Waals surface area contributed by atoms with Crippen molar-refractivity contribution in [1.29, 1.82) is 5.26 Å². The van der Waals surface area contributed by atoms with Gasteiger partial charge in [0.15, 0.2) is 0 Å². The predicted octanol–water partition coefficient (Wildman–Crippen LogP) is 7.10. The summed E-state index contributed by atoms with van der Waals surface area (Å²) in [5.74, 6) is -4.81. The van der Waals surface area contributed by atoms with Gasteiger partial charge in [0.05, 0.1) is 39.1 Å². The fourth-order valence-corrected chi connectivity index (χ4v) is 5.98. The average molecular weight is 710 g/mol. The molecular formula is C26H18F12N4O4S. The van der Waals surface area contributed by atoms with Crippen molar-refractivity contribution >= 4 is 32.9 Å². The number of rotatable bonds is 7. The van der Waals surface area contributed by atoms with E-state index in [0.717, 1.165) is 31.2 Å². The first kappa shape index (κ1) is 37.1. The second-order valence-corrected chi connectivity index (χ2v) is 12.4. The third kappa shape index (κ3) is 7.97. The van der Waals surface area contributed by atoms with Crippen LogP contribution in [-0.2, 0) is 42.1 Å². The van der Waals surface area contributed by atoms with Crippen molar-refractivity contribution in [3.63, 3.8) is 0 Å². The standard InChI is InChI=1S/C26H18F12N4O4S/c1-2-47(45,42-21(44)25(33,34)35)19(7-8-39)20(43)40-17-5-3-13(4-6-17)18-12-22(46-41-18,26(36,37)38)14-9-15(23(27,28)29)11-16(10-14)24(30,31)32/h3-6,9-11,19H,2,7,12H2,1H3,(H,40,43). The van der Waals surface area contributed by atoms with Gasteiger partial charge in [-0.3, -0.25) is 9.59 Å². The maximum atomic E-state index is 14.3. The number of oxime groups is 1. The molecule has 1 aliphatic heterocycles. The minimum Gasteiger partial charge on any atom is -0.374 e. The Labute approximate surface area is 256 Å². The van der Waals surface area contributed by atoms with Gasteiger partial charge < -0.3 is 10.2 Å². The number of carbonyl (C=O) groups is 2. The number of hydrogen-bond acceptors (Lipinski definition) is 6. The molecule has 3 unspecified atom stereocenters. The van der Waals surface area contributed by atoms with E-state index in [1.54, 1.807) is 0 Å². The number of alkyl halides is 12. The molecule has 0 fully saturated rings. The van der Waals surface area contributed by atoms with Gasteiger partial charge >= 0.3 is 30.6 Å². The molecule has 0 bridgehead atoms. The Morgan fingerprint density at radius 3 is 1.94 bits per heavy atom. The molecule has 3 rings (SSSR count). The highest BCUT2D eigenvalue weighted by atomic mass is 32.2. The summed E-state index contributed by atoms with van der Waals surface area (Å²) in [6, 6.07) is 4.78. The van der Waals surface area contributed by atoms with Crippen LogP contribution < -0.4 is 5.32 Å². The molecule has 0 saturated carbocycles. The van der Waals surface area contributed by atoms with E-state index in [9.17, 15) is 66.5 Å². The van der Waals surface area contributed by atoms with Crippen LogP contribution in [0.2, 0.25) is 0 Å². The molecule has 2 aromatic rings. The number of nitrogens with one attached hydrogen (secondary N) is 1. The van der Waals surface area contributed by atoms with Crippen molar-refractivity contribution in [1.82, 2.24) is 0 Å². The Morgan fingerprint density at radius 1 is 0.979 bits per heavy atom. The Balaban J connectivity index is 1.94. The maximum Gasteiger partial charge on any atom is 0.474 e. The monoisotopic (exact) mass is 710 g/mol. The number of anilines is 1. The highest BCUT2D eigenvalue weighted by Gasteiger charge is 2.63. The zero-order valence-electron chi connectivity index (χ0n) is 23.2. The topological polar surface area (TPSA) is 121 Å². The lowest BCUT2D eigenvalue weighted by atomic mass is 9.84. The second-order valence-electron chi connectivity index (χ2n) is 9.72. The van der Waals surface area contributed by atoms with Crippen LogP contribution >= 0.6 is 0 Å². The Bertz CT molecular complexity index is 1700. The van der Waals surface area contributed by atoms with Crippen LogP contribution in [0.5, 0.6) is 0 Å². The first-order valence-electron chi connectivity index (χ1n) is 12.6. The minimum absolute atomic E-state index is 0.139. The Morgan fingerprint density at radius 2 is 1.51 bits per heavy atom. The van der Waals surface area contributed by atoms with Crippen LogP contribution in [0.4, 0.5) is 58.4 Å². The van der Waals surface area contributed by atoms with Crippen LogP contribution in [0, 0.1) is 11.3 Å². The smallest absolute Gasteiger partial charge is 0.374 e. The van der Waals surface area contributed by atoms with Crippen LogP contribution in [0.3, 0.4) is 0 Å². The van der Waals surface area contributed by atoms with Crippen molar-refractivity contribution in [3.05, 3.63) is 64.7 Å². The molecule has 1 N–H and O–H groups in total. The van der Waals surface area contributed by atoms with Gasteiger partial charge in [-0.05, 0) is 35.9 Å². The Hall–Kier alpha value is -4.35. The van der Waals surface area contributed by atoms with Gasteiger partial charge in [0.1, 0.15) is 5.25 Å². The fourth-order valence-electron chi connectivity index (χ4n) is 4.21. The highest BCUT2D eigenvalue weighted by Crippen LogP contribution is 2.51. The van der Waals surface area contributed by atoms with E-state index in [1.165, 1.54) is 6.07 Å². The maximum absolute atomic E-state index is 14.3. The van der Waals surface area contributed by atoms with Crippen molar-refractivity contribution in [2.24, 2.45) is 9.52 Å². The zero-order chi connectivity index (χ0) is 35.8. The summed E-state index contributed by atoms with van der Waals surface area (Å²) >= 11 is 0. The van der Waals surface area contributed by atoms with E-state index in [1.807, 2.05) is 0 Å². The van der Waals surface area contributed by atoms with E-state index in [-0.39, 0.29) is 29.4 Å². The number of carbonyl (C=O) groups excluding carboxylic acids is 2. The average Bonchev–Trinajstić information content (AvgIpc) is 3.42. The van der Waals surface area contributed by atoms with Gasteiger partial charge in [-0.15, -0.1) is 0 Å². The lowest BCUT2D eigenvalue weighted by Gasteiger charge is -2.30. The van der Waals surface area contributed by atoms with Crippen LogP contribution in [0.15, 0.2) is 52.0 Å². The van der Waals surface area contributed by atoms with Gasteiger partial charge in [0, 0.05) is 23.4 Å². The predicted molar refractivity (Wildman–Crippen MR) is 138 cm³/mol. The van der Waals surface area contributed by atoms with E-state index in [4.69, 9.17) is 5.26 Å². The largest absolute Gasteiger partial charge is 0.474 e. The van der Waals surface area contributed by atoms with Crippen LogP contribution in [0.1, 0.15) is 42.0 Å². The number of halogens is 12. The Kier molecular flexibility index (Phi) is 10.0. The van der Waals surface area contributed by atoms with Crippen LogP contribution in [-0.4, -0.2) is 45.1 Å². The molecule has 2 amide bonds. The summed E-state index contributed by atoms with van der Waals surface area (Å²) in [5, 5.41) is 12.4. The molecule has 0 spiro atoms. The van der Waals surface area contributed by atoms with E-state index < -0.39 is 98.1 Å². The van der Waals surface area contributed by atoms with E-state index in [0.29, 0.717) is 0 Å². The zero-order valence-corrected chi connectivity index (χ0v) is 24.0. The lowest BCUT2D eigenvalue weighted by Crippen LogP contribution is -2.43. The molecule has 0 aliphatic carbocycles. The third-order valence-electron chi connectivity index (χ3n) is 6.63. The summed E-state index contributed by atoms with van der Waals surface area (Å²) in [4.78, 5) is 28.7. The molecule has 0 saturated heterocycles. The van der Waals surface area contributed by atoms with E-state index in [2.05, 4.69) is 19.7 Å². The van der Waals surface area contributed by atoms with Gasteiger partial charge in [0.25, 0.3) is 5.60 Å². The molecule has 8 nitrogen and oxygen atoms in total. The van der Waals surface area contributed by atoms with Gasteiger partial charge in [-0.25, -0.2) is 4.21 Å². The lowest BCUT2D eigenvalue weighted by molar-refractivity contribution is -0.276. The molecule has 47 heavy (non-hydrogen) atoms. The first-order valence-corrected chi connectivity index (χ1v) is 14.4. The number of nitrogens with zero attached hydrogens (tertiary/aromatic N) is 3. The third-order valence-corrected chi connectivity index (χ3v) is 9.20. The SMILES string of the molecule is CCS(=O)(=NC(=O)C(F)(F)F)C(CC#N)C(=O)Nc1ccc(C2=NOC(c3cc(C(F)(F)F)cc(C(F)(F)F)c3)(C(F)(F)F)C2)cc1. The number of amides is 2. The molecule has 21 heteroatoms. The summed E-state index contributed by atoms with van der Waals surface area (Å²) in [5.41, 5.74) is -10.4. The number of hydrogen-bond donors (Lipinski definition) is 1. The molecular weight excluding hydrogens is 692 g/mol. The van der Waals surface area contributed by atoms with Gasteiger partial charge in [-0.2, -0.15) is 62.3 Å². The highest BCUT2D eigenvalue weighted by molar-refractivity contribution is 7.95. The normalized spacial score (nSPS) is 19.1. The molecule has 3 atom stereocenters. The second kappa shape index (κ2) is 12.7. The van der Waals surface area contributed by atoms with E-state index >= 15 is 0 Å². The molecule has 1 aliphatic rings. The van der Waals surface area contributed by atoms with Gasteiger partial charge in [-0.1, -0.05) is 24.2 Å². The fraction of sp³-hybridized carbons (Fsp3) is 0.385. The van der Waals surface area contributed by atoms with Crippen molar-refractivity contribution in [2.75, 3.05) is 11.1 Å². The first-order chi connectivity index (χ1) is 21.4. The molecule has 1 heterocycles. The number of nitriles is 1. The molecule has 2 aromatic carbocycles. The molecule has 0 aromatic heterocycles. The quantitative estimate of drug-likeness (QED) is 0.308. The summed E-state index contributed by atoms with van der Waals surface area (Å²) in [6.45, 7) is 1.05. The summed E-state index contributed by atoms with van der Waals surface area (Å²) in [6.07, 6.45) is -24.4. The van der Waals surface area contributed by atoms with Crippen LogP contribution in [0.25, 0.3) is 0 Å². The summed E-state index contributed by atoms with van der Waals surface area (Å²) in [7, 11) is -4.29. The molecule has 0 radical (unpaired) electrons. The van der Waals surface area contributed by atoms with Crippen molar-refractivity contribution in [2.45, 2.75) is 55.3 Å². The van der Waals surface area contributed by atoms with Crippen molar-refractivity contribution < 1.29 is 71.3 Å². The summed E-state index contributed by atoms with van der Waals surface area (Å²) < 4.78 is 177. The molecule has 256 valence electrons. The minimum atomic E-state index is -5.60. The van der Waals surface area contributed by atoms with Crippen molar-refractivity contribution in [3.8, 4) is 6.07 Å². The number of benzene rings is 2. The van der Waals surface area contributed by atoms with Gasteiger partial charge in [0.2, 0.25) is 5.91 Å².